The first kappa shape index (κ1) is 29.7. The van der Waals surface area contributed by atoms with E-state index in [1.807, 2.05) is 40.7 Å². The molecule has 4 aromatic heterocycles. The van der Waals surface area contributed by atoms with Crippen LogP contribution in [0.3, 0.4) is 0 Å². The minimum absolute atomic E-state index is 0.0320. The van der Waals surface area contributed by atoms with E-state index in [4.69, 9.17) is 26.2 Å². The Morgan fingerprint density at radius 2 is 2.07 bits per heavy atom. The van der Waals surface area contributed by atoms with Gasteiger partial charge in [0.2, 0.25) is 0 Å². The maximum atomic E-state index is 13.5. The van der Waals surface area contributed by atoms with Gasteiger partial charge in [0, 0.05) is 50.0 Å². The molecule has 0 radical (unpaired) electrons. The number of thiazole rings is 1. The highest BCUT2D eigenvalue weighted by molar-refractivity contribution is 7.13. The Hall–Kier alpha value is -3.36. The van der Waals surface area contributed by atoms with E-state index in [2.05, 4.69) is 40.1 Å². The number of hydrogen-bond donors (Lipinski definition) is 1. The lowest BCUT2D eigenvalue weighted by atomic mass is 10.1. The summed E-state index contributed by atoms with van der Waals surface area (Å²) in [6.45, 7) is 9.08. The average Bonchev–Trinajstić information content (AvgIpc) is 3.79. The van der Waals surface area contributed by atoms with E-state index in [9.17, 15) is 4.79 Å². The molecule has 1 saturated heterocycles. The molecule has 0 saturated carbocycles. The minimum atomic E-state index is -1.25. The summed E-state index contributed by atoms with van der Waals surface area (Å²) in [5, 5.41) is 19.2. The van der Waals surface area contributed by atoms with Gasteiger partial charge in [0.15, 0.2) is 10.2 Å². The van der Waals surface area contributed by atoms with Crippen LogP contribution in [0.5, 0.6) is 0 Å². The number of hydrogen-bond acceptors (Lipinski definition) is 8. The predicted octanol–water partition coefficient (Wildman–Crippen LogP) is 6.52. The summed E-state index contributed by atoms with van der Waals surface area (Å²) in [7, 11) is -1.25. The molecule has 0 spiro atoms. The number of amides is 1. The van der Waals surface area contributed by atoms with Gasteiger partial charge in [-0.05, 0) is 43.0 Å². The van der Waals surface area contributed by atoms with Crippen LogP contribution in [0.15, 0.2) is 48.4 Å². The number of nitrogens with one attached hydrogen (secondary N) is 1. The molecule has 1 aromatic carbocycles. The lowest BCUT2D eigenvalue weighted by Gasteiger charge is -2.22. The van der Waals surface area contributed by atoms with Crippen LogP contribution in [0.1, 0.15) is 41.7 Å². The molecule has 1 fully saturated rings. The quantitative estimate of drug-likeness (QED) is 0.129. The number of anilines is 1. The number of fused-ring (bicyclic) bond motifs is 1. The van der Waals surface area contributed by atoms with Crippen LogP contribution in [0.25, 0.3) is 22.0 Å². The number of carbonyl (C=O) groups is 1. The zero-order valence-corrected chi connectivity index (χ0v) is 27.1. The number of nitrogens with zero attached hydrogens (tertiary/aromatic N) is 7. The summed E-state index contributed by atoms with van der Waals surface area (Å²) in [4.78, 5) is 17.8. The molecular formula is C29H35ClN8O3SSi. The zero-order valence-electron chi connectivity index (χ0n) is 24.5. The molecule has 14 heteroatoms. The van der Waals surface area contributed by atoms with Crippen LogP contribution < -0.4 is 5.32 Å². The summed E-state index contributed by atoms with van der Waals surface area (Å²) < 4.78 is 17.8. The van der Waals surface area contributed by atoms with Crippen LogP contribution in [0, 0.1) is 0 Å². The molecule has 0 aliphatic carbocycles. The topological polar surface area (TPSA) is 114 Å². The smallest absolute Gasteiger partial charge is 0.276 e. The highest BCUT2D eigenvalue weighted by Gasteiger charge is 2.21. The van der Waals surface area contributed by atoms with Crippen molar-refractivity contribution in [3.63, 3.8) is 0 Å². The fraction of sp³-hybridized carbons (Fsp3) is 0.414. The second-order valence-electron chi connectivity index (χ2n) is 11.9. The first-order valence-electron chi connectivity index (χ1n) is 14.4. The maximum absolute atomic E-state index is 13.5. The largest absolute Gasteiger partial charge is 0.360 e. The molecule has 6 rings (SSSR count). The monoisotopic (exact) mass is 638 g/mol. The van der Waals surface area contributed by atoms with Crippen molar-refractivity contribution < 1.29 is 14.3 Å². The Balaban J connectivity index is 1.24. The van der Waals surface area contributed by atoms with Gasteiger partial charge in [0.25, 0.3) is 5.91 Å². The van der Waals surface area contributed by atoms with E-state index < -0.39 is 8.07 Å². The van der Waals surface area contributed by atoms with Crippen molar-refractivity contribution in [3.8, 4) is 11.1 Å². The molecular weight excluding hydrogens is 604 g/mol. The molecule has 5 aromatic rings. The van der Waals surface area contributed by atoms with E-state index >= 15 is 0 Å². The lowest BCUT2D eigenvalue weighted by molar-refractivity contribution is -0.0394. The first-order valence-corrected chi connectivity index (χ1v) is 19.4. The molecule has 11 nitrogen and oxygen atoms in total. The van der Waals surface area contributed by atoms with Crippen molar-refractivity contribution in [2.24, 2.45) is 0 Å². The third-order valence-electron chi connectivity index (χ3n) is 7.30. The second-order valence-corrected chi connectivity index (χ2v) is 19.0. The lowest BCUT2D eigenvalue weighted by Crippen LogP contribution is -2.22. The normalized spacial score (nSPS) is 15.8. The SMILES string of the molecule is C[Si](C)(C)CCOCn1nc(C(=O)Nc2cnn(Cc3csc(Cl)n3)c2)c2ccc(-c3cnn(C4CCCCO4)c3)cc21. The number of ether oxygens (including phenoxy) is 2. The number of halogens is 1. The third kappa shape index (κ3) is 7.24. The molecule has 5 heterocycles. The van der Waals surface area contributed by atoms with E-state index in [0.717, 1.165) is 59.6 Å². The Morgan fingerprint density at radius 3 is 2.84 bits per heavy atom. The van der Waals surface area contributed by atoms with Crippen LogP contribution in [-0.2, 0) is 22.7 Å². The van der Waals surface area contributed by atoms with E-state index in [1.54, 1.807) is 21.8 Å². The van der Waals surface area contributed by atoms with Gasteiger partial charge in [-0.25, -0.2) is 14.3 Å². The van der Waals surface area contributed by atoms with Gasteiger partial charge in [-0.2, -0.15) is 15.3 Å². The molecule has 1 aliphatic rings. The summed E-state index contributed by atoms with van der Waals surface area (Å²) in [5.74, 6) is -0.322. The maximum Gasteiger partial charge on any atom is 0.276 e. The fourth-order valence-corrected chi connectivity index (χ4v) is 6.48. The van der Waals surface area contributed by atoms with Crippen molar-refractivity contribution in [3.05, 3.63) is 64.2 Å². The summed E-state index contributed by atoms with van der Waals surface area (Å²) in [6, 6.07) is 7.03. The van der Waals surface area contributed by atoms with Crippen molar-refractivity contribution in [1.82, 2.24) is 34.3 Å². The molecule has 226 valence electrons. The molecule has 1 amide bonds. The first-order chi connectivity index (χ1) is 20.7. The Morgan fingerprint density at radius 1 is 1.19 bits per heavy atom. The van der Waals surface area contributed by atoms with Gasteiger partial charge in [-0.1, -0.05) is 37.3 Å². The van der Waals surface area contributed by atoms with Crippen LogP contribution in [0.4, 0.5) is 5.69 Å². The average molecular weight is 639 g/mol. The molecule has 0 bridgehead atoms. The Bertz CT molecular complexity index is 1720. The summed E-state index contributed by atoms with van der Waals surface area (Å²) >= 11 is 7.32. The van der Waals surface area contributed by atoms with Gasteiger partial charge >= 0.3 is 0 Å². The molecule has 1 unspecified atom stereocenters. The van der Waals surface area contributed by atoms with Gasteiger partial charge < -0.3 is 14.8 Å². The fourth-order valence-electron chi connectivity index (χ4n) is 4.95. The second kappa shape index (κ2) is 12.7. The van der Waals surface area contributed by atoms with Gasteiger partial charge in [-0.3, -0.25) is 9.48 Å². The number of rotatable bonds is 11. The molecule has 43 heavy (non-hydrogen) atoms. The molecule has 1 atom stereocenters. The molecule has 1 N–H and O–H groups in total. The van der Waals surface area contributed by atoms with Crippen LogP contribution in [0.2, 0.25) is 30.2 Å². The number of benzene rings is 1. The highest BCUT2D eigenvalue weighted by Crippen LogP contribution is 2.29. The van der Waals surface area contributed by atoms with Crippen molar-refractivity contribution in [2.45, 2.75) is 64.5 Å². The van der Waals surface area contributed by atoms with Crippen molar-refractivity contribution >= 4 is 53.5 Å². The standard InChI is InChI=1S/C29H35ClN8O3SSi/c1-43(2,3)11-10-40-19-38-25-12-20(21-13-32-37(15-21)26-6-4-5-9-41-26)7-8-24(25)27(35-38)28(39)33-22-14-31-36(16-22)17-23-18-42-29(30)34-23/h7-8,12-16,18,26H,4-6,9-11,17,19H2,1-3H3,(H,33,39). The van der Waals surface area contributed by atoms with Gasteiger partial charge in [0.1, 0.15) is 13.0 Å². The summed E-state index contributed by atoms with van der Waals surface area (Å²) in [5.41, 5.74) is 4.46. The van der Waals surface area contributed by atoms with E-state index in [1.165, 1.54) is 11.3 Å². The minimum Gasteiger partial charge on any atom is -0.360 e. The molecule has 1 aliphatic heterocycles. The van der Waals surface area contributed by atoms with Gasteiger partial charge in [-0.15, -0.1) is 11.3 Å². The highest BCUT2D eigenvalue weighted by atomic mass is 35.5. The third-order valence-corrected chi connectivity index (χ3v) is 10.0. The van der Waals surface area contributed by atoms with Crippen molar-refractivity contribution in [1.29, 1.82) is 0 Å². The Labute approximate surface area is 259 Å². The van der Waals surface area contributed by atoms with Crippen LogP contribution in [-0.4, -0.2) is 61.5 Å². The van der Waals surface area contributed by atoms with Crippen molar-refractivity contribution in [2.75, 3.05) is 18.5 Å². The van der Waals surface area contributed by atoms with Crippen LogP contribution >= 0.6 is 22.9 Å². The number of aromatic nitrogens is 7. The predicted molar refractivity (Wildman–Crippen MR) is 170 cm³/mol. The van der Waals surface area contributed by atoms with Gasteiger partial charge in [0.05, 0.1) is 35.8 Å². The summed E-state index contributed by atoms with van der Waals surface area (Å²) in [6.07, 6.45) is 10.4. The number of carbonyl (C=O) groups excluding carboxylic acids is 1. The van der Waals surface area contributed by atoms with E-state index in [-0.39, 0.29) is 18.9 Å². The zero-order chi connectivity index (χ0) is 30.0. The van der Waals surface area contributed by atoms with E-state index in [0.29, 0.717) is 29.0 Å². The Kier molecular flexibility index (Phi) is 8.77.